The van der Waals surface area contributed by atoms with Gasteiger partial charge in [0.2, 0.25) is 5.16 Å². The number of thioether (sulfide) groups is 1. The molecule has 0 atom stereocenters. The fourth-order valence-corrected chi connectivity index (χ4v) is 2.88. The molecule has 7 nitrogen and oxygen atoms in total. The first-order valence-corrected chi connectivity index (χ1v) is 9.44. The number of benzene rings is 1. The molecule has 136 valence electrons. The summed E-state index contributed by atoms with van der Waals surface area (Å²) in [4.78, 5) is 14.8. The maximum absolute atomic E-state index is 10.5. The van der Waals surface area contributed by atoms with Crippen molar-refractivity contribution in [2.45, 2.75) is 37.9 Å². The summed E-state index contributed by atoms with van der Waals surface area (Å²) < 4.78 is 5.96. The van der Waals surface area contributed by atoms with E-state index < -0.39 is 5.97 Å². The van der Waals surface area contributed by atoms with Crippen LogP contribution in [-0.4, -0.2) is 51.2 Å². The Morgan fingerprint density at radius 2 is 1.96 bits per heavy atom. The molecule has 1 aliphatic rings. The summed E-state index contributed by atoms with van der Waals surface area (Å²) in [5, 5.41) is 19.2. The van der Waals surface area contributed by atoms with Gasteiger partial charge in [0, 0.05) is 5.56 Å². The second-order valence-electron chi connectivity index (χ2n) is 5.24. The maximum Gasteiger partial charge on any atom is 0.313 e. The van der Waals surface area contributed by atoms with Crippen LogP contribution in [0.2, 0.25) is 0 Å². The third-order valence-corrected chi connectivity index (χ3v) is 4.34. The SMILES string of the molecule is CC.O=C(O)CSc1n[nH]c(-c2ccc(OC3CCNCC3)cc2)n1. The summed E-state index contributed by atoms with van der Waals surface area (Å²) in [6.07, 6.45) is 2.31. The molecule has 1 aromatic heterocycles. The number of piperidine rings is 1. The number of nitrogens with zero attached hydrogens (tertiary/aromatic N) is 2. The standard InChI is InChI=1S/C15H18N4O3S.C2H6/c20-13(21)9-23-15-17-14(18-19-15)10-1-3-11(4-2-10)22-12-5-7-16-8-6-12;1-2/h1-4,12,16H,5-9H2,(H,20,21)(H,17,18,19);1-2H3. The molecule has 2 heterocycles. The highest BCUT2D eigenvalue weighted by Gasteiger charge is 2.14. The number of hydrogen-bond donors (Lipinski definition) is 3. The number of aromatic amines is 1. The summed E-state index contributed by atoms with van der Waals surface area (Å²) in [5.74, 6) is 0.521. The van der Waals surface area contributed by atoms with Gasteiger partial charge < -0.3 is 15.2 Å². The van der Waals surface area contributed by atoms with E-state index in [4.69, 9.17) is 9.84 Å². The zero-order valence-corrected chi connectivity index (χ0v) is 15.3. The number of nitrogens with one attached hydrogen (secondary N) is 2. The van der Waals surface area contributed by atoms with Crippen LogP contribution in [-0.2, 0) is 4.79 Å². The topological polar surface area (TPSA) is 100 Å². The Kier molecular flexibility index (Phi) is 7.75. The van der Waals surface area contributed by atoms with E-state index in [-0.39, 0.29) is 11.9 Å². The highest BCUT2D eigenvalue weighted by molar-refractivity contribution is 7.99. The first-order chi connectivity index (χ1) is 12.2. The summed E-state index contributed by atoms with van der Waals surface area (Å²) in [5.41, 5.74) is 0.886. The Hall–Kier alpha value is -2.06. The van der Waals surface area contributed by atoms with Gasteiger partial charge in [0.15, 0.2) is 5.82 Å². The predicted molar refractivity (Wildman–Crippen MR) is 98.0 cm³/mol. The number of aliphatic carboxylic acids is 1. The lowest BCUT2D eigenvalue weighted by atomic mass is 10.1. The van der Waals surface area contributed by atoms with Crippen molar-refractivity contribution in [3.8, 4) is 17.1 Å². The average molecular weight is 364 g/mol. The van der Waals surface area contributed by atoms with Crippen LogP contribution in [0.15, 0.2) is 29.4 Å². The Bertz CT molecular complexity index is 654. The number of carbonyl (C=O) groups is 1. The van der Waals surface area contributed by atoms with Crippen molar-refractivity contribution in [3.05, 3.63) is 24.3 Å². The van der Waals surface area contributed by atoms with E-state index in [1.54, 1.807) is 0 Å². The number of rotatable bonds is 6. The van der Waals surface area contributed by atoms with Gasteiger partial charge in [0.1, 0.15) is 11.9 Å². The monoisotopic (exact) mass is 364 g/mol. The summed E-state index contributed by atoms with van der Waals surface area (Å²) in [7, 11) is 0. The Labute approximate surface area is 151 Å². The lowest BCUT2D eigenvalue weighted by Gasteiger charge is -2.23. The number of carboxylic acid groups (broad SMARTS) is 1. The molecule has 0 bridgehead atoms. The highest BCUT2D eigenvalue weighted by Crippen LogP contribution is 2.23. The molecule has 1 aliphatic heterocycles. The number of carboxylic acids is 1. The number of H-pyrrole nitrogens is 1. The van der Waals surface area contributed by atoms with Crippen LogP contribution in [0.3, 0.4) is 0 Å². The Morgan fingerprint density at radius 3 is 2.60 bits per heavy atom. The molecule has 0 aliphatic carbocycles. The van der Waals surface area contributed by atoms with Crippen molar-refractivity contribution in [2.75, 3.05) is 18.8 Å². The van der Waals surface area contributed by atoms with Gasteiger partial charge in [-0.15, -0.1) is 5.10 Å². The van der Waals surface area contributed by atoms with E-state index in [1.807, 2.05) is 38.1 Å². The van der Waals surface area contributed by atoms with E-state index in [9.17, 15) is 4.79 Å². The van der Waals surface area contributed by atoms with Gasteiger partial charge in [-0.05, 0) is 50.2 Å². The van der Waals surface area contributed by atoms with Gasteiger partial charge in [-0.2, -0.15) is 0 Å². The van der Waals surface area contributed by atoms with Crippen LogP contribution in [0.1, 0.15) is 26.7 Å². The molecule has 0 spiro atoms. The molecule has 1 aromatic carbocycles. The van der Waals surface area contributed by atoms with E-state index >= 15 is 0 Å². The average Bonchev–Trinajstić information content (AvgIpc) is 3.12. The van der Waals surface area contributed by atoms with Gasteiger partial charge in [0.25, 0.3) is 0 Å². The fraction of sp³-hybridized carbons (Fsp3) is 0.471. The van der Waals surface area contributed by atoms with Gasteiger partial charge in [0.05, 0.1) is 5.75 Å². The number of aromatic nitrogens is 3. The summed E-state index contributed by atoms with van der Waals surface area (Å²) in [6.45, 7) is 6.00. The largest absolute Gasteiger partial charge is 0.490 e. The van der Waals surface area contributed by atoms with Crippen LogP contribution in [0.25, 0.3) is 11.4 Å². The molecular weight excluding hydrogens is 340 g/mol. The van der Waals surface area contributed by atoms with Crippen molar-refractivity contribution in [1.29, 1.82) is 0 Å². The molecule has 25 heavy (non-hydrogen) atoms. The van der Waals surface area contributed by atoms with Crippen LogP contribution in [0, 0.1) is 0 Å². The van der Waals surface area contributed by atoms with Crippen molar-refractivity contribution < 1.29 is 14.6 Å². The predicted octanol–water partition coefficient (Wildman–Crippen LogP) is 2.81. The van der Waals surface area contributed by atoms with Crippen LogP contribution >= 0.6 is 11.8 Å². The van der Waals surface area contributed by atoms with Crippen molar-refractivity contribution >= 4 is 17.7 Å². The first-order valence-electron chi connectivity index (χ1n) is 8.45. The van der Waals surface area contributed by atoms with Crippen LogP contribution < -0.4 is 10.1 Å². The van der Waals surface area contributed by atoms with Crippen molar-refractivity contribution in [2.24, 2.45) is 0 Å². The lowest BCUT2D eigenvalue weighted by Crippen LogP contribution is -2.34. The molecule has 1 saturated heterocycles. The molecule has 3 rings (SSSR count). The van der Waals surface area contributed by atoms with E-state index in [1.165, 1.54) is 0 Å². The molecule has 8 heteroatoms. The molecule has 2 aromatic rings. The smallest absolute Gasteiger partial charge is 0.313 e. The summed E-state index contributed by atoms with van der Waals surface area (Å²) in [6, 6.07) is 7.68. The molecule has 0 saturated carbocycles. The third kappa shape index (κ3) is 6.06. The molecule has 0 unspecified atom stereocenters. The zero-order chi connectivity index (χ0) is 18.1. The Balaban J connectivity index is 0.00000109. The second-order valence-corrected chi connectivity index (χ2v) is 6.18. The molecule has 1 fully saturated rings. The first kappa shape index (κ1) is 19.3. The van der Waals surface area contributed by atoms with Gasteiger partial charge in [-0.1, -0.05) is 25.6 Å². The number of hydrogen-bond acceptors (Lipinski definition) is 6. The quantitative estimate of drug-likeness (QED) is 0.678. The van der Waals surface area contributed by atoms with Gasteiger partial charge in [-0.3, -0.25) is 9.89 Å². The lowest BCUT2D eigenvalue weighted by molar-refractivity contribution is -0.133. The van der Waals surface area contributed by atoms with E-state index in [0.29, 0.717) is 11.0 Å². The molecular formula is C17H24N4O3S. The summed E-state index contributed by atoms with van der Waals surface area (Å²) >= 11 is 1.09. The molecule has 3 N–H and O–H groups in total. The fourth-order valence-electron chi connectivity index (χ4n) is 2.36. The zero-order valence-electron chi connectivity index (χ0n) is 14.5. The Morgan fingerprint density at radius 1 is 1.28 bits per heavy atom. The minimum atomic E-state index is -0.888. The van der Waals surface area contributed by atoms with Crippen molar-refractivity contribution in [3.63, 3.8) is 0 Å². The van der Waals surface area contributed by atoms with Gasteiger partial charge in [-0.25, -0.2) is 4.98 Å². The normalized spacial score (nSPS) is 14.5. The number of ether oxygens (including phenoxy) is 1. The molecule has 0 amide bonds. The van der Waals surface area contributed by atoms with Gasteiger partial charge >= 0.3 is 5.97 Å². The molecule has 0 radical (unpaired) electrons. The van der Waals surface area contributed by atoms with Crippen LogP contribution in [0.5, 0.6) is 5.75 Å². The van der Waals surface area contributed by atoms with Crippen LogP contribution in [0.4, 0.5) is 0 Å². The third-order valence-electron chi connectivity index (χ3n) is 3.51. The second kappa shape index (κ2) is 10.0. The minimum absolute atomic E-state index is 0.0552. The highest BCUT2D eigenvalue weighted by atomic mass is 32.2. The van der Waals surface area contributed by atoms with E-state index in [0.717, 1.165) is 49.0 Å². The maximum atomic E-state index is 10.5. The van der Waals surface area contributed by atoms with E-state index in [2.05, 4.69) is 20.5 Å². The van der Waals surface area contributed by atoms with Crippen molar-refractivity contribution in [1.82, 2.24) is 20.5 Å². The minimum Gasteiger partial charge on any atom is -0.490 e.